The van der Waals surface area contributed by atoms with Crippen molar-refractivity contribution in [3.8, 4) is 0 Å². The van der Waals surface area contributed by atoms with Crippen LogP contribution in [0.2, 0.25) is 0 Å². The predicted molar refractivity (Wildman–Crippen MR) is 116 cm³/mol. The molecule has 0 aliphatic heterocycles. The summed E-state index contributed by atoms with van der Waals surface area (Å²) in [6, 6.07) is 0.227. The monoisotopic (exact) mass is 385 g/mol. The number of rotatable bonds is 22. The van der Waals surface area contributed by atoms with Crippen LogP contribution in [-0.2, 0) is 4.79 Å². The third kappa shape index (κ3) is 21.5. The Hall–Kier alpha value is -0.650. The molecule has 0 heterocycles. The fraction of sp³-hybridized carbons (Fsp3) is 0.955. The molecule has 0 spiro atoms. The number of carbonyl (C=O) groups is 1. The minimum atomic E-state index is -0.792. The summed E-state index contributed by atoms with van der Waals surface area (Å²) >= 11 is 0. The molecule has 5 N–H and O–H groups in total. The fourth-order valence-corrected chi connectivity index (χ4v) is 3.47. The SMILES string of the molecule is CCCCCCCCCCCCCCCCC(CNCCN)NCC(=O)O. The summed E-state index contributed by atoms with van der Waals surface area (Å²) in [4.78, 5) is 10.7. The number of hydrogen-bond acceptors (Lipinski definition) is 4. The molecule has 0 fully saturated rings. The molecular formula is C22H47N3O2. The summed E-state index contributed by atoms with van der Waals surface area (Å²) in [6.45, 7) is 4.50. The topological polar surface area (TPSA) is 87.4 Å². The Morgan fingerprint density at radius 1 is 0.852 bits per heavy atom. The Labute approximate surface area is 168 Å². The van der Waals surface area contributed by atoms with E-state index in [4.69, 9.17) is 10.8 Å². The van der Waals surface area contributed by atoms with E-state index in [0.29, 0.717) is 6.54 Å². The smallest absolute Gasteiger partial charge is 0.317 e. The lowest BCUT2D eigenvalue weighted by Gasteiger charge is -2.18. The molecular weight excluding hydrogens is 338 g/mol. The second-order valence-electron chi connectivity index (χ2n) is 7.85. The van der Waals surface area contributed by atoms with Crippen LogP contribution in [0, 0.1) is 0 Å². The van der Waals surface area contributed by atoms with Gasteiger partial charge in [0.2, 0.25) is 0 Å². The highest BCUT2D eigenvalue weighted by molar-refractivity contribution is 5.69. The summed E-state index contributed by atoms with van der Waals surface area (Å²) in [6.07, 6.45) is 20.1. The van der Waals surface area contributed by atoms with Crippen molar-refractivity contribution in [2.45, 2.75) is 109 Å². The molecule has 0 amide bonds. The van der Waals surface area contributed by atoms with Gasteiger partial charge in [-0.05, 0) is 6.42 Å². The Kier molecular flexibility index (Phi) is 21.1. The van der Waals surface area contributed by atoms with E-state index in [1.54, 1.807) is 0 Å². The van der Waals surface area contributed by atoms with Crippen LogP contribution in [0.3, 0.4) is 0 Å². The van der Waals surface area contributed by atoms with E-state index in [2.05, 4.69) is 17.6 Å². The number of nitrogens with two attached hydrogens (primary N) is 1. The predicted octanol–water partition coefficient (Wildman–Crippen LogP) is 4.45. The Morgan fingerprint density at radius 3 is 1.78 bits per heavy atom. The van der Waals surface area contributed by atoms with E-state index in [-0.39, 0.29) is 12.6 Å². The van der Waals surface area contributed by atoms with Gasteiger partial charge in [-0.1, -0.05) is 96.8 Å². The van der Waals surface area contributed by atoms with Crippen LogP contribution < -0.4 is 16.4 Å². The second-order valence-corrected chi connectivity index (χ2v) is 7.85. The number of hydrogen-bond donors (Lipinski definition) is 4. The molecule has 0 saturated heterocycles. The first-order valence-corrected chi connectivity index (χ1v) is 11.6. The van der Waals surface area contributed by atoms with E-state index >= 15 is 0 Å². The first-order valence-electron chi connectivity index (χ1n) is 11.6. The minimum Gasteiger partial charge on any atom is -0.480 e. The molecule has 0 aliphatic carbocycles. The van der Waals surface area contributed by atoms with E-state index < -0.39 is 5.97 Å². The van der Waals surface area contributed by atoms with Crippen molar-refractivity contribution in [3.05, 3.63) is 0 Å². The van der Waals surface area contributed by atoms with Crippen LogP contribution in [0.25, 0.3) is 0 Å². The molecule has 0 aromatic rings. The number of nitrogens with one attached hydrogen (secondary N) is 2. The van der Waals surface area contributed by atoms with Crippen LogP contribution >= 0.6 is 0 Å². The van der Waals surface area contributed by atoms with Crippen molar-refractivity contribution < 1.29 is 9.90 Å². The maximum Gasteiger partial charge on any atom is 0.317 e. The van der Waals surface area contributed by atoms with Gasteiger partial charge in [-0.15, -0.1) is 0 Å². The van der Waals surface area contributed by atoms with Crippen LogP contribution in [0.1, 0.15) is 103 Å². The lowest BCUT2D eigenvalue weighted by atomic mass is 10.0. The molecule has 0 aliphatic rings. The Morgan fingerprint density at radius 2 is 1.33 bits per heavy atom. The lowest BCUT2D eigenvalue weighted by molar-refractivity contribution is -0.136. The van der Waals surface area contributed by atoms with Crippen molar-refractivity contribution >= 4 is 5.97 Å². The normalized spacial score (nSPS) is 12.4. The van der Waals surface area contributed by atoms with Gasteiger partial charge in [0, 0.05) is 25.7 Å². The average molecular weight is 386 g/mol. The van der Waals surface area contributed by atoms with Crippen molar-refractivity contribution in [2.75, 3.05) is 26.2 Å². The molecule has 27 heavy (non-hydrogen) atoms. The number of carboxylic acids is 1. The van der Waals surface area contributed by atoms with Gasteiger partial charge >= 0.3 is 5.97 Å². The van der Waals surface area contributed by atoms with Crippen molar-refractivity contribution in [1.29, 1.82) is 0 Å². The first kappa shape index (κ1) is 26.4. The largest absolute Gasteiger partial charge is 0.480 e. The summed E-state index contributed by atoms with van der Waals surface area (Å²) in [5.74, 6) is -0.792. The Balaban J connectivity index is 3.43. The number of carboxylic acid groups (broad SMARTS) is 1. The molecule has 0 saturated carbocycles. The average Bonchev–Trinajstić information content (AvgIpc) is 2.65. The van der Waals surface area contributed by atoms with E-state index in [1.165, 1.54) is 89.9 Å². The Bertz CT molecular complexity index is 314. The molecule has 0 aromatic heterocycles. The van der Waals surface area contributed by atoms with Crippen molar-refractivity contribution in [1.82, 2.24) is 10.6 Å². The van der Waals surface area contributed by atoms with Crippen molar-refractivity contribution in [3.63, 3.8) is 0 Å². The zero-order chi connectivity index (χ0) is 20.0. The maximum atomic E-state index is 10.7. The van der Waals surface area contributed by atoms with Gasteiger partial charge < -0.3 is 21.5 Å². The third-order valence-electron chi connectivity index (χ3n) is 5.16. The highest BCUT2D eigenvalue weighted by Crippen LogP contribution is 2.13. The maximum absolute atomic E-state index is 10.7. The molecule has 5 heteroatoms. The van der Waals surface area contributed by atoms with Gasteiger partial charge in [-0.2, -0.15) is 0 Å². The van der Waals surface area contributed by atoms with Gasteiger partial charge in [0.1, 0.15) is 0 Å². The minimum absolute atomic E-state index is 0.0353. The van der Waals surface area contributed by atoms with Gasteiger partial charge in [-0.25, -0.2) is 0 Å². The zero-order valence-corrected chi connectivity index (χ0v) is 17.9. The summed E-state index contributed by atoms with van der Waals surface area (Å²) in [5, 5.41) is 15.2. The second kappa shape index (κ2) is 21.6. The number of unbranched alkanes of at least 4 members (excludes halogenated alkanes) is 13. The van der Waals surface area contributed by atoms with E-state index in [9.17, 15) is 4.79 Å². The van der Waals surface area contributed by atoms with Gasteiger partial charge in [0.25, 0.3) is 0 Å². The van der Waals surface area contributed by atoms with E-state index in [1.807, 2.05) is 0 Å². The van der Waals surface area contributed by atoms with E-state index in [0.717, 1.165) is 19.5 Å². The quantitative estimate of drug-likeness (QED) is 0.207. The fourth-order valence-electron chi connectivity index (χ4n) is 3.47. The van der Waals surface area contributed by atoms with Crippen molar-refractivity contribution in [2.24, 2.45) is 5.73 Å². The first-order chi connectivity index (χ1) is 13.2. The van der Waals surface area contributed by atoms with Gasteiger partial charge in [0.15, 0.2) is 0 Å². The molecule has 1 unspecified atom stereocenters. The van der Waals surface area contributed by atoms with Gasteiger partial charge in [0.05, 0.1) is 6.54 Å². The third-order valence-corrected chi connectivity index (χ3v) is 5.16. The molecule has 162 valence electrons. The highest BCUT2D eigenvalue weighted by atomic mass is 16.4. The van der Waals surface area contributed by atoms with Crippen LogP contribution in [0.15, 0.2) is 0 Å². The molecule has 0 aromatic carbocycles. The molecule has 5 nitrogen and oxygen atoms in total. The molecule has 0 bridgehead atoms. The zero-order valence-electron chi connectivity index (χ0n) is 17.9. The highest BCUT2D eigenvalue weighted by Gasteiger charge is 2.09. The van der Waals surface area contributed by atoms with Crippen LogP contribution in [0.4, 0.5) is 0 Å². The van der Waals surface area contributed by atoms with Gasteiger partial charge in [-0.3, -0.25) is 4.79 Å². The lowest BCUT2D eigenvalue weighted by Crippen LogP contribution is -2.42. The summed E-state index contributed by atoms with van der Waals surface area (Å²) in [5.41, 5.74) is 5.49. The molecule has 0 radical (unpaired) electrons. The van der Waals surface area contributed by atoms with Crippen LogP contribution in [0.5, 0.6) is 0 Å². The summed E-state index contributed by atoms with van der Waals surface area (Å²) in [7, 11) is 0. The van der Waals surface area contributed by atoms with Crippen LogP contribution in [-0.4, -0.2) is 43.3 Å². The standard InChI is InChI=1S/C22H47N3O2/c1-2-3-4-5-6-7-8-9-10-11-12-13-14-15-16-21(19-24-18-17-23)25-20-22(26)27/h21,24-25H,2-20,23H2,1H3,(H,26,27). The molecule has 0 rings (SSSR count). The number of aliphatic carboxylic acids is 1. The molecule has 1 atom stereocenters. The summed E-state index contributed by atoms with van der Waals surface area (Å²) < 4.78 is 0.